The fraction of sp³-hybridized carbons (Fsp3) is 0.303. The topological polar surface area (TPSA) is 107 Å². The number of nitrogens with one attached hydrogen (secondary N) is 2. The Hall–Kier alpha value is -4.67. The number of ether oxygens (including phenoxy) is 3. The third kappa shape index (κ3) is 7.59. The first kappa shape index (κ1) is 29.8. The Morgan fingerprint density at radius 3 is 2.44 bits per heavy atom. The summed E-state index contributed by atoms with van der Waals surface area (Å²) in [6, 6.07) is 21.8. The zero-order valence-corrected chi connectivity index (χ0v) is 24.7. The average molecular weight is 584 g/mol. The van der Waals surface area contributed by atoms with Gasteiger partial charge < -0.3 is 24.8 Å². The summed E-state index contributed by atoms with van der Waals surface area (Å²) in [7, 11) is 1.59. The highest BCUT2D eigenvalue weighted by molar-refractivity contribution is 5.94. The van der Waals surface area contributed by atoms with E-state index in [-0.39, 0.29) is 17.3 Å². The van der Waals surface area contributed by atoms with Crippen molar-refractivity contribution in [1.29, 1.82) is 0 Å². The Balaban J connectivity index is 1.37. The van der Waals surface area contributed by atoms with E-state index < -0.39 is 5.56 Å². The van der Waals surface area contributed by atoms with E-state index in [2.05, 4.69) is 34.5 Å². The molecule has 10 nitrogen and oxygen atoms in total. The second kappa shape index (κ2) is 14.0. The molecule has 0 radical (unpaired) electrons. The first-order chi connectivity index (χ1) is 20.9. The van der Waals surface area contributed by atoms with Gasteiger partial charge in [0.2, 0.25) is 0 Å². The number of rotatable bonds is 11. The van der Waals surface area contributed by atoms with E-state index in [1.807, 2.05) is 24.3 Å². The van der Waals surface area contributed by atoms with Crippen LogP contribution in [0.1, 0.15) is 35.7 Å². The molecule has 43 heavy (non-hydrogen) atoms. The third-order valence-electron chi connectivity index (χ3n) is 7.25. The molecule has 0 saturated carbocycles. The molecular formula is C33H37N5O5. The number of hydrogen-bond acceptors (Lipinski definition) is 8. The Kier molecular flexibility index (Phi) is 9.70. The molecule has 0 spiro atoms. The lowest BCUT2D eigenvalue weighted by Gasteiger charge is -2.26. The molecule has 0 unspecified atom stereocenters. The van der Waals surface area contributed by atoms with Gasteiger partial charge in [-0.3, -0.25) is 14.5 Å². The Morgan fingerprint density at radius 1 is 1.00 bits per heavy atom. The van der Waals surface area contributed by atoms with Crippen LogP contribution in [0.2, 0.25) is 0 Å². The summed E-state index contributed by atoms with van der Waals surface area (Å²) in [5.74, 6) is 1.71. The summed E-state index contributed by atoms with van der Waals surface area (Å²) < 4.78 is 18.1. The predicted molar refractivity (Wildman–Crippen MR) is 166 cm³/mol. The van der Waals surface area contributed by atoms with E-state index >= 15 is 0 Å². The van der Waals surface area contributed by atoms with Crippen molar-refractivity contribution in [3.8, 4) is 22.9 Å². The lowest BCUT2D eigenvalue weighted by molar-refractivity contribution is 0.0383. The van der Waals surface area contributed by atoms with Gasteiger partial charge in [-0.1, -0.05) is 26.0 Å². The molecule has 10 heteroatoms. The zero-order chi connectivity index (χ0) is 30.2. The van der Waals surface area contributed by atoms with Gasteiger partial charge in [0.1, 0.15) is 11.5 Å². The molecule has 3 aromatic carbocycles. The van der Waals surface area contributed by atoms with Crippen molar-refractivity contribution in [2.75, 3.05) is 51.8 Å². The molecule has 2 N–H and O–H groups in total. The van der Waals surface area contributed by atoms with Crippen LogP contribution in [0, 0.1) is 0 Å². The van der Waals surface area contributed by atoms with Gasteiger partial charge in [0.15, 0.2) is 11.4 Å². The van der Waals surface area contributed by atoms with Gasteiger partial charge in [0.05, 0.1) is 32.2 Å². The van der Waals surface area contributed by atoms with Crippen LogP contribution in [-0.2, 0) is 4.74 Å². The molecule has 1 aromatic heterocycles. The van der Waals surface area contributed by atoms with Gasteiger partial charge in [-0.2, -0.15) is 9.78 Å². The number of benzene rings is 3. The molecule has 4 aromatic rings. The SMILES string of the molecule is COc1ccc(-n2ncc(Oc3cccc(C(C)C)c3)c(Nc3ccc(C(=O)NCCN4CCOCC4)cc3)c2=O)cc1. The molecule has 1 aliphatic heterocycles. The molecule has 1 amide bonds. The summed E-state index contributed by atoms with van der Waals surface area (Å²) in [6.07, 6.45) is 1.52. The summed E-state index contributed by atoms with van der Waals surface area (Å²) in [5, 5.41) is 10.6. The number of anilines is 2. The quantitative estimate of drug-likeness (QED) is 0.255. The number of morpholine rings is 1. The highest BCUT2D eigenvalue weighted by atomic mass is 16.5. The normalized spacial score (nSPS) is 13.5. The van der Waals surface area contributed by atoms with Crippen LogP contribution in [0.5, 0.6) is 17.2 Å². The summed E-state index contributed by atoms with van der Waals surface area (Å²) >= 11 is 0. The Labute approximate surface area is 251 Å². The fourth-order valence-corrected chi connectivity index (χ4v) is 4.71. The van der Waals surface area contributed by atoms with E-state index in [1.54, 1.807) is 55.6 Å². The number of carbonyl (C=O) groups excluding carboxylic acids is 1. The van der Waals surface area contributed by atoms with Crippen LogP contribution in [0.25, 0.3) is 5.69 Å². The highest BCUT2D eigenvalue weighted by Crippen LogP contribution is 2.30. The summed E-state index contributed by atoms with van der Waals surface area (Å²) in [5.41, 5.74) is 2.66. The first-order valence-electron chi connectivity index (χ1n) is 14.4. The van der Waals surface area contributed by atoms with Crippen LogP contribution in [-0.4, -0.2) is 67.1 Å². The van der Waals surface area contributed by atoms with Gasteiger partial charge in [0.25, 0.3) is 11.5 Å². The molecular weight excluding hydrogens is 546 g/mol. The van der Waals surface area contributed by atoms with Gasteiger partial charge in [-0.05, 0) is 72.1 Å². The van der Waals surface area contributed by atoms with Crippen molar-refractivity contribution in [2.45, 2.75) is 19.8 Å². The number of nitrogens with zero attached hydrogens (tertiary/aromatic N) is 3. The molecule has 1 fully saturated rings. The maximum absolute atomic E-state index is 13.8. The smallest absolute Gasteiger partial charge is 0.299 e. The highest BCUT2D eigenvalue weighted by Gasteiger charge is 2.17. The van der Waals surface area contributed by atoms with E-state index in [1.165, 1.54) is 10.9 Å². The minimum Gasteiger partial charge on any atom is -0.497 e. The van der Waals surface area contributed by atoms with Crippen molar-refractivity contribution in [3.63, 3.8) is 0 Å². The molecule has 2 heterocycles. The largest absolute Gasteiger partial charge is 0.497 e. The maximum atomic E-state index is 13.8. The van der Waals surface area contributed by atoms with Crippen LogP contribution in [0.3, 0.4) is 0 Å². The zero-order valence-electron chi connectivity index (χ0n) is 24.7. The molecule has 5 rings (SSSR count). The van der Waals surface area contributed by atoms with Crippen LogP contribution < -0.4 is 25.7 Å². The average Bonchev–Trinajstić information content (AvgIpc) is 3.04. The molecule has 0 atom stereocenters. The minimum atomic E-state index is -0.396. The van der Waals surface area contributed by atoms with E-state index in [0.29, 0.717) is 40.9 Å². The molecule has 0 aliphatic carbocycles. The lowest BCUT2D eigenvalue weighted by atomic mass is 10.0. The number of carbonyl (C=O) groups is 1. The second-order valence-electron chi connectivity index (χ2n) is 10.5. The molecule has 1 saturated heterocycles. The Bertz CT molecular complexity index is 1580. The van der Waals surface area contributed by atoms with Crippen molar-refractivity contribution in [2.24, 2.45) is 0 Å². The van der Waals surface area contributed by atoms with E-state index in [4.69, 9.17) is 14.2 Å². The van der Waals surface area contributed by atoms with Gasteiger partial charge >= 0.3 is 0 Å². The monoisotopic (exact) mass is 583 g/mol. The number of methoxy groups -OCH3 is 1. The van der Waals surface area contributed by atoms with Crippen molar-refractivity contribution in [3.05, 3.63) is 100 Å². The predicted octanol–water partition coefficient (Wildman–Crippen LogP) is 4.96. The molecule has 224 valence electrons. The van der Waals surface area contributed by atoms with Crippen LogP contribution in [0.4, 0.5) is 11.4 Å². The summed E-state index contributed by atoms with van der Waals surface area (Å²) in [6.45, 7) is 8.75. The third-order valence-corrected chi connectivity index (χ3v) is 7.25. The minimum absolute atomic E-state index is 0.153. The molecule has 1 aliphatic rings. The molecule has 0 bridgehead atoms. The van der Waals surface area contributed by atoms with Crippen molar-refractivity contribution < 1.29 is 19.0 Å². The number of amides is 1. The van der Waals surface area contributed by atoms with E-state index in [0.717, 1.165) is 38.4 Å². The number of hydrogen-bond donors (Lipinski definition) is 2. The van der Waals surface area contributed by atoms with Gasteiger partial charge in [-0.25, -0.2) is 0 Å². The van der Waals surface area contributed by atoms with Crippen molar-refractivity contribution >= 4 is 17.3 Å². The van der Waals surface area contributed by atoms with Crippen molar-refractivity contribution in [1.82, 2.24) is 20.0 Å². The maximum Gasteiger partial charge on any atom is 0.299 e. The van der Waals surface area contributed by atoms with Gasteiger partial charge in [-0.15, -0.1) is 0 Å². The summed E-state index contributed by atoms with van der Waals surface area (Å²) in [4.78, 5) is 28.8. The van der Waals surface area contributed by atoms with Gasteiger partial charge in [0, 0.05) is 37.4 Å². The fourth-order valence-electron chi connectivity index (χ4n) is 4.71. The van der Waals surface area contributed by atoms with E-state index in [9.17, 15) is 9.59 Å². The Morgan fingerprint density at radius 2 is 1.74 bits per heavy atom. The standard InChI is InChI=1S/C33H37N5O5/c1-23(2)25-5-4-6-29(21-25)43-30-22-35-38(27-11-13-28(41-3)14-12-27)33(40)31(30)36-26-9-7-24(8-10-26)32(39)34-15-16-37-17-19-42-20-18-37/h4-14,21-23,36H,15-20H2,1-3H3,(H,34,39). The number of aromatic nitrogens is 2. The van der Waals surface area contributed by atoms with Crippen LogP contribution >= 0.6 is 0 Å². The lowest BCUT2D eigenvalue weighted by Crippen LogP contribution is -2.41. The second-order valence-corrected chi connectivity index (χ2v) is 10.5. The first-order valence-corrected chi connectivity index (χ1v) is 14.4. The van der Waals surface area contributed by atoms with Crippen LogP contribution in [0.15, 0.2) is 83.8 Å².